The number of sulfonamides is 1. The Balaban J connectivity index is 2.43. The number of carboxylic acid groups (broad SMARTS) is 1. The average molecular weight is 368 g/mol. The van der Waals surface area contributed by atoms with Crippen molar-refractivity contribution in [1.82, 2.24) is 4.31 Å². The Morgan fingerprint density at radius 3 is 2.65 bits per heavy atom. The summed E-state index contributed by atoms with van der Waals surface area (Å²) in [7, 11) is -4.17. The van der Waals surface area contributed by atoms with Crippen molar-refractivity contribution in [3.05, 3.63) is 28.5 Å². The van der Waals surface area contributed by atoms with Crippen LogP contribution in [0.1, 0.15) is 6.42 Å². The lowest BCUT2D eigenvalue weighted by molar-refractivity contribution is -0.140. The molecule has 0 unspecified atom stereocenters. The van der Waals surface area contributed by atoms with Gasteiger partial charge in [-0.2, -0.15) is 4.31 Å². The first-order valence-electron chi connectivity index (χ1n) is 5.61. The van der Waals surface area contributed by atoms with Gasteiger partial charge in [0.05, 0.1) is 15.5 Å². The lowest BCUT2D eigenvalue weighted by atomic mass is 10.2. The van der Waals surface area contributed by atoms with Crippen LogP contribution >= 0.6 is 15.9 Å². The first-order chi connectivity index (χ1) is 9.23. The number of aliphatic carboxylic acids is 1. The molecule has 9 heteroatoms. The topological polar surface area (TPSA) is 94.9 Å². The monoisotopic (exact) mass is 367 g/mol. The molecule has 0 radical (unpaired) electrons. The van der Waals surface area contributed by atoms with Gasteiger partial charge in [-0.15, -0.1) is 0 Å². The number of nitrogens with zero attached hydrogens (tertiary/aromatic N) is 1. The number of aliphatic hydroxyl groups is 1. The summed E-state index contributed by atoms with van der Waals surface area (Å²) in [4.78, 5) is 10.7. The van der Waals surface area contributed by atoms with Crippen LogP contribution < -0.4 is 0 Å². The highest BCUT2D eigenvalue weighted by atomic mass is 79.9. The maximum absolute atomic E-state index is 13.4. The molecule has 0 amide bonds. The van der Waals surface area contributed by atoms with Crippen LogP contribution in [0.15, 0.2) is 27.6 Å². The van der Waals surface area contributed by atoms with E-state index in [0.29, 0.717) is 4.31 Å². The summed E-state index contributed by atoms with van der Waals surface area (Å²) in [5, 5.41) is 18.5. The lowest BCUT2D eigenvalue weighted by Crippen LogP contribution is -2.40. The van der Waals surface area contributed by atoms with E-state index in [2.05, 4.69) is 15.9 Å². The molecule has 1 aliphatic heterocycles. The molecular formula is C11H11BrFNO5S. The van der Waals surface area contributed by atoms with Crippen LogP contribution in [0.2, 0.25) is 0 Å². The number of carbonyl (C=O) groups is 1. The molecule has 110 valence electrons. The summed E-state index contributed by atoms with van der Waals surface area (Å²) in [6.45, 7) is -0.322. The minimum absolute atomic E-state index is 0.104. The van der Waals surface area contributed by atoms with Gasteiger partial charge in [-0.3, -0.25) is 4.79 Å². The molecule has 0 saturated carbocycles. The summed E-state index contributed by atoms with van der Waals surface area (Å²) >= 11 is 2.91. The number of hydrogen-bond donors (Lipinski definition) is 2. The second-order valence-corrected chi connectivity index (χ2v) is 7.14. The molecule has 1 aromatic carbocycles. The normalized spacial score (nSPS) is 23.9. The van der Waals surface area contributed by atoms with Crippen molar-refractivity contribution in [2.75, 3.05) is 6.54 Å². The van der Waals surface area contributed by atoms with Crippen LogP contribution in [0, 0.1) is 5.82 Å². The predicted octanol–water partition coefficient (Wildman–Crippen LogP) is 0.797. The summed E-state index contributed by atoms with van der Waals surface area (Å²) in [6.07, 6.45) is -1.24. The Morgan fingerprint density at radius 2 is 2.10 bits per heavy atom. The van der Waals surface area contributed by atoms with Crippen molar-refractivity contribution < 1.29 is 27.8 Å². The molecule has 2 atom stereocenters. The maximum atomic E-state index is 13.4. The molecule has 6 nitrogen and oxygen atoms in total. The van der Waals surface area contributed by atoms with Gasteiger partial charge in [0.2, 0.25) is 10.0 Å². The number of aliphatic hydroxyl groups excluding tert-OH is 1. The fourth-order valence-corrected chi connectivity index (χ4v) is 3.94. The quantitative estimate of drug-likeness (QED) is 0.823. The summed E-state index contributed by atoms with van der Waals surface area (Å²) in [5.41, 5.74) is 0. The highest BCUT2D eigenvalue weighted by molar-refractivity contribution is 9.10. The number of benzene rings is 1. The first-order valence-corrected chi connectivity index (χ1v) is 7.84. The van der Waals surface area contributed by atoms with Gasteiger partial charge in [-0.25, -0.2) is 12.8 Å². The highest BCUT2D eigenvalue weighted by Gasteiger charge is 2.43. The zero-order valence-corrected chi connectivity index (χ0v) is 12.4. The molecule has 2 N–H and O–H groups in total. The predicted molar refractivity (Wildman–Crippen MR) is 70.0 cm³/mol. The van der Waals surface area contributed by atoms with Crippen molar-refractivity contribution >= 4 is 31.9 Å². The van der Waals surface area contributed by atoms with E-state index in [1.165, 1.54) is 12.1 Å². The Hall–Kier alpha value is -1.03. The van der Waals surface area contributed by atoms with Crippen LogP contribution in [0.5, 0.6) is 0 Å². The number of halogens is 2. The van der Waals surface area contributed by atoms with E-state index in [0.717, 1.165) is 6.07 Å². The van der Waals surface area contributed by atoms with Crippen LogP contribution in [0.4, 0.5) is 4.39 Å². The number of hydrogen-bond acceptors (Lipinski definition) is 4. The molecular weight excluding hydrogens is 357 g/mol. The number of rotatable bonds is 3. The third-order valence-corrected chi connectivity index (χ3v) is 5.53. The molecule has 2 rings (SSSR count). The van der Waals surface area contributed by atoms with E-state index >= 15 is 0 Å². The van der Waals surface area contributed by atoms with Gasteiger partial charge < -0.3 is 10.2 Å². The first kappa shape index (κ1) is 15.4. The van der Waals surface area contributed by atoms with E-state index < -0.39 is 34.0 Å². The van der Waals surface area contributed by atoms with E-state index in [-0.39, 0.29) is 22.3 Å². The van der Waals surface area contributed by atoms with E-state index in [9.17, 15) is 22.7 Å². The molecule has 0 aromatic heterocycles. The summed E-state index contributed by atoms with van der Waals surface area (Å²) in [5.74, 6) is -2.11. The standard InChI is InChI=1S/C11H11BrFNO5S/c12-8-2-1-7(4-9(8)13)20(18,19)14-5-6(15)3-10(14)11(16)17/h1-2,4,6,10,15H,3,5H2,(H,16,17)/t6-,10+/m1/s1. The Labute approximate surface area is 123 Å². The third kappa shape index (κ3) is 2.71. The van der Waals surface area contributed by atoms with Crippen molar-refractivity contribution in [2.45, 2.75) is 23.5 Å². The molecule has 0 bridgehead atoms. The van der Waals surface area contributed by atoms with Crippen LogP contribution in [-0.2, 0) is 14.8 Å². The van der Waals surface area contributed by atoms with E-state index in [1.807, 2.05) is 0 Å². The molecule has 1 aromatic rings. The molecule has 0 aliphatic carbocycles. The van der Waals surface area contributed by atoms with Crippen molar-refractivity contribution in [2.24, 2.45) is 0 Å². The van der Waals surface area contributed by atoms with Crippen molar-refractivity contribution in [1.29, 1.82) is 0 Å². The highest BCUT2D eigenvalue weighted by Crippen LogP contribution is 2.28. The second-order valence-electron chi connectivity index (χ2n) is 4.39. The van der Waals surface area contributed by atoms with Gasteiger partial charge in [0.25, 0.3) is 0 Å². The molecule has 1 aliphatic rings. The zero-order valence-electron chi connectivity index (χ0n) is 10.0. The Kier molecular flexibility index (Phi) is 4.14. The van der Waals surface area contributed by atoms with Gasteiger partial charge in [-0.1, -0.05) is 0 Å². The zero-order chi connectivity index (χ0) is 15.1. The van der Waals surface area contributed by atoms with E-state index in [4.69, 9.17) is 5.11 Å². The maximum Gasteiger partial charge on any atom is 0.322 e. The van der Waals surface area contributed by atoms with Gasteiger partial charge in [0.15, 0.2) is 0 Å². The van der Waals surface area contributed by atoms with Gasteiger partial charge in [0, 0.05) is 13.0 Å². The smallest absolute Gasteiger partial charge is 0.322 e. The largest absolute Gasteiger partial charge is 0.480 e. The van der Waals surface area contributed by atoms with Gasteiger partial charge in [0.1, 0.15) is 11.9 Å². The summed E-state index contributed by atoms with van der Waals surface area (Å²) < 4.78 is 38.9. The fraction of sp³-hybridized carbons (Fsp3) is 0.364. The Morgan fingerprint density at radius 1 is 1.45 bits per heavy atom. The lowest BCUT2D eigenvalue weighted by Gasteiger charge is -2.20. The fourth-order valence-electron chi connectivity index (χ4n) is 2.05. The third-order valence-electron chi connectivity index (χ3n) is 3.02. The minimum Gasteiger partial charge on any atom is -0.480 e. The van der Waals surface area contributed by atoms with Crippen molar-refractivity contribution in [3.63, 3.8) is 0 Å². The van der Waals surface area contributed by atoms with Crippen LogP contribution in [-0.4, -0.2) is 47.6 Å². The molecule has 1 heterocycles. The van der Waals surface area contributed by atoms with Gasteiger partial charge in [-0.05, 0) is 34.1 Å². The van der Waals surface area contributed by atoms with Gasteiger partial charge >= 0.3 is 5.97 Å². The van der Waals surface area contributed by atoms with Crippen LogP contribution in [0.25, 0.3) is 0 Å². The van der Waals surface area contributed by atoms with Crippen molar-refractivity contribution in [3.8, 4) is 0 Å². The van der Waals surface area contributed by atoms with Crippen LogP contribution in [0.3, 0.4) is 0 Å². The number of carboxylic acids is 1. The molecule has 1 fully saturated rings. The molecule has 1 saturated heterocycles. The molecule has 20 heavy (non-hydrogen) atoms. The summed E-state index contributed by atoms with van der Waals surface area (Å²) in [6, 6.07) is 1.86. The second kappa shape index (κ2) is 5.40. The Bertz CT molecular complexity index is 650. The SMILES string of the molecule is O=C(O)[C@@H]1C[C@@H](O)CN1S(=O)(=O)c1ccc(Br)c(F)c1. The molecule has 0 spiro atoms. The minimum atomic E-state index is -4.17. The number of β-amino-alcohol motifs (C(OH)–C–C–N with tert-alkyl or cyclic N) is 1. The van der Waals surface area contributed by atoms with E-state index in [1.54, 1.807) is 0 Å². The average Bonchev–Trinajstić information content (AvgIpc) is 2.75.